The van der Waals surface area contributed by atoms with E-state index in [4.69, 9.17) is 4.74 Å². The van der Waals surface area contributed by atoms with Crippen LogP contribution in [-0.2, 0) is 9.59 Å². The summed E-state index contributed by atoms with van der Waals surface area (Å²) in [7, 11) is 1.51. The molecule has 7 nitrogen and oxygen atoms in total. The van der Waals surface area contributed by atoms with Gasteiger partial charge in [0, 0.05) is 30.4 Å². The Bertz CT molecular complexity index is 1080. The van der Waals surface area contributed by atoms with Crippen LogP contribution in [0.4, 0.5) is 20.6 Å². The number of benzene rings is 2. The Morgan fingerprint density at radius 1 is 1.03 bits per heavy atom. The number of para-hydroxylation sites is 1. The minimum absolute atomic E-state index is 0.226. The van der Waals surface area contributed by atoms with Crippen molar-refractivity contribution < 1.29 is 23.5 Å². The van der Waals surface area contributed by atoms with E-state index in [9.17, 15) is 18.8 Å². The summed E-state index contributed by atoms with van der Waals surface area (Å²) in [5, 5.41) is 2.10. The van der Waals surface area contributed by atoms with E-state index in [2.05, 4.69) is 10.2 Å². The van der Waals surface area contributed by atoms with Gasteiger partial charge in [-0.1, -0.05) is 12.1 Å². The van der Waals surface area contributed by atoms with Gasteiger partial charge in [0.1, 0.15) is 17.1 Å². The van der Waals surface area contributed by atoms with Crippen LogP contribution < -0.4 is 19.9 Å². The Balaban J connectivity index is 1.69. The molecule has 2 aromatic carbocycles. The molecule has 0 bridgehead atoms. The molecule has 4 amide bonds. The molecule has 0 spiro atoms. The van der Waals surface area contributed by atoms with Crippen LogP contribution in [0.15, 0.2) is 48.0 Å². The summed E-state index contributed by atoms with van der Waals surface area (Å²) >= 11 is 0. The van der Waals surface area contributed by atoms with Gasteiger partial charge in [0.15, 0.2) is 0 Å². The second kappa shape index (κ2) is 8.59. The molecule has 0 radical (unpaired) electrons. The Morgan fingerprint density at radius 2 is 1.77 bits per heavy atom. The number of hydrogen-bond acceptors (Lipinski definition) is 5. The molecule has 2 aliphatic heterocycles. The third-order valence-electron chi connectivity index (χ3n) is 5.43. The van der Waals surface area contributed by atoms with Gasteiger partial charge < -0.3 is 9.64 Å². The predicted molar refractivity (Wildman–Crippen MR) is 114 cm³/mol. The first-order valence-electron chi connectivity index (χ1n) is 10.1. The smallest absolute Gasteiger partial charge is 0.336 e. The standard InChI is InChI=1S/C23H22FN3O4/c1-31-20-14-16(26-11-5-2-6-12-26)10-9-15(20)13-17-21(28)25-23(30)27(22(17)29)19-8-4-3-7-18(19)24/h3-4,7-10,13-14H,2,5-6,11-12H2,1H3,(H,25,28,30)/b17-13+. The van der Waals surface area contributed by atoms with E-state index in [0.29, 0.717) is 16.2 Å². The minimum atomic E-state index is -0.996. The first kappa shape index (κ1) is 20.6. The maximum Gasteiger partial charge on any atom is 0.336 e. The first-order valence-corrected chi connectivity index (χ1v) is 10.1. The van der Waals surface area contributed by atoms with Crippen molar-refractivity contribution >= 4 is 35.3 Å². The van der Waals surface area contributed by atoms with Gasteiger partial charge in [-0.05, 0) is 49.6 Å². The van der Waals surface area contributed by atoms with Gasteiger partial charge in [-0.15, -0.1) is 0 Å². The molecular formula is C23H22FN3O4. The molecule has 2 aliphatic rings. The average molecular weight is 423 g/mol. The molecule has 160 valence electrons. The van der Waals surface area contributed by atoms with E-state index < -0.39 is 23.7 Å². The van der Waals surface area contributed by atoms with E-state index in [1.165, 1.54) is 37.8 Å². The number of nitrogens with zero attached hydrogens (tertiary/aromatic N) is 2. The number of halogens is 1. The second-order valence-corrected chi connectivity index (χ2v) is 7.38. The summed E-state index contributed by atoms with van der Waals surface area (Å²) in [6, 6.07) is 9.92. The fourth-order valence-corrected chi connectivity index (χ4v) is 3.83. The van der Waals surface area contributed by atoms with Crippen LogP contribution in [-0.4, -0.2) is 38.0 Å². The van der Waals surface area contributed by atoms with Crippen molar-refractivity contribution in [1.29, 1.82) is 0 Å². The van der Waals surface area contributed by atoms with Gasteiger partial charge in [0.2, 0.25) is 0 Å². The number of ether oxygens (including phenoxy) is 1. The summed E-state index contributed by atoms with van der Waals surface area (Å²) < 4.78 is 19.7. The topological polar surface area (TPSA) is 79.0 Å². The lowest BCUT2D eigenvalue weighted by Crippen LogP contribution is -2.54. The van der Waals surface area contributed by atoms with E-state index in [1.54, 1.807) is 6.07 Å². The molecule has 4 rings (SSSR count). The number of methoxy groups -OCH3 is 1. The van der Waals surface area contributed by atoms with Crippen molar-refractivity contribution in [3.63, 3.8) is 0 Å². The van der Waals surface area contributed by atoms with Crippen LogP contribution in [0, 0.1) is 5.82 Å². The van der Waals surface area contributed by atoms with Gasteiger partial charge >= 0.3 is 6.03 Å². The van der Waals surface area contributed by atoms with Crippen molar-refractivity contribution in [3.05, 3.63) is 59.4 Å². The van der Waals surface area contributed by atoms with E-state index >= 15 is 0 Å². The van der Waals surface area contributed by atoms with Gasteiger partial charge in [-0.25, -0.2) is 14.1 Å². The predicted octanol–water partition coefficient (Wildman–Crippen LogP) is 3.49. The fraction of sp³-hybridized carbons (Fsp3) is 0.261. The zero-order chi connectivity index (χ0) is 22.0. The minimum Gasteiger partial charge on any atom is -0.496 e. The van der Waals surface area contributed by atoms with Crippen LogP contribution in [0.2, 0.25) is 0 Å². The molecular weight excluding hydrogens is 401 g/mol. The molecule has 0 unspecified atom stereocenters. The summed E-state index contributed by atoms with van der Waals surface area (Å²) in [6.45, 7) is 1.92. The molecule has 2 saturated heterocycles. The number of hydrogen-bond donors (Lipinski definition) is 1. The van der Waals surface area contributed by atoms with Gasteiger partial charge in [0.25, 0.3) is 11.8 Å². The lowest BCUT2D eigenvalue weighted by molar-refractivity contribution is -0.122. The SMILES string of the molecule is COc1cc(N2CCCCC2)ccc1/C=C1\C(=O)NC(=O)N(c2ccccc2F)C1=O. The number of anilines is 2. The normalized spacial score (nSPS) is 18.4. The summed E-state index contributed by atoms with van der Waals surface area (Å²) in [5.41, 5.74) is 0.994. The van der Waals surface area contributed by atoms with E-state index in [0.717, 1.165) is 37.7 Å². The highest BCUT2D eigenvalue weighted by Crippen LogP contribution is 2.31. The third kappa shape index (κ3) is 4.01. The number of amides is 4. The quantitative estimate of drug-likeness (QED) is 0.602. The maximum atomic E-state index is 14.2. The molecule has 2 heterocycles. The lowest BCUT2D eigenvalue weighted by Gasteiger charge is -2.29. The van der Waals surface area contributed by atoms with Crippen molar-refractivity contribution in [2.45, 2.75) is 19.3 Å². The van der Waals surface area contributed by atoms with Gasteiger partial charge in [-0.3, -0.25) is 14.9 Å². The van der Waals surface area contributed by atoms with Crippen molar-refractivity contribution in [2.24, 2.45) is 0 Å². The number of piperidine rings is 1. The zero-order valence-electron chi connectivity index (χ0n) is 17.1. The largest absolute Gasteiger partial charge is 0.496 e. The van der Waals surface area contributed by atoms with Crippen LogP contribution in [0.3, 0.4) is 0 Å². The second-order valence-electron chi connectivity index (χ2n) is 7.38. The molecule has 8 heteroatoms. The summed E-state index contributed by atoms with van der Waals surface area (Å²) in [5.74, 6) is -2.00. The molecule has 0 aromatic heterocycles. The Kier molecular flexibility index (Phi) is 5.70. The van der Waals surface area contributed by atoms with Crippen LogP contribution in [0.25, 0.3) is 6.08 Å². The van der Waals surface area contributed by atoms with Crippen LogP contribution >= 0.6 is 0 Å². The lowest BCUT2D eigenvalue weighted by atomic mass is 10.0. The Morgan fingerprint density at radius 3 is 2.48 bits per heavy atom. The number of carbonyl (C=O) groups excluding carboxylic acids is 3. The third-order valence-corrected chi connectivity index (χ3v) is 5.43. The van der Waals surface area contributed by atoms with Crippen LogP contribution in [0.5, 0.6) is 5.75 Å². The molecule has 31 heavy (non-hydrogen) atoms. The number of barbiturate groups is 1. The number of nitrogens with one attached hydrogen (secondary N) is 1. The monoisotopic (exact) mass is 423 g/mol. The molecule has 0 saturated carbocycles. The number of rotatable bonds is 4. The average Bonchev–Trinajstić information content (AvgIpc) is 2.78. The summed E-state index contributed by atoms with van der Waals surface area (Å²) in [6.07, 6.45) is 4.83. The highest BCUT2D eigenvalue weighted by molar-refractivity contribution is 6.39. The van der Waals surface area contributed by atoms with E-state index in [1.807, 2.05) is 12.1 Å². The van der Waals surface area contributed by atoms with Crippen molar-refractivity contribution in [3.8, 4) is 5.75 Å². The number of carbonyl (C=O) groups is 3. The zero-order valence-corrected chi connectivity index (χ0v) is 17.1. The highest BCUT2D eigenvalue weighted by atomic mass is 19.1. The molecule has 0 atom stereocenters. The number of urea groups is 1. The van der Waals surface area contributed by atoms with E-state index in [-0.39, 0.29) is 11.3 Å². The molecule has 2 fully saturated rings. The molecule has 0 aliphatic carbocycles. The van der Waals surface area contributed by atoms with Crippen molar-refractivity contribution in [1.82, 2.24) is 5.32 Å². The highest BCUT2D eigenvalue weighted by Gasteiger charge is 2.38. The van der Waals surface area contributed by atoms with Crippen molar-refractivity contribution in [2.75, 3.05) is 30.0 Å². The fourth-order valence-electron chi connectivity index (χ4n) is 3.83. The van der Waals surface area contributed by atoms with Gasteiger partial charge in [0.05, 0.1) is 12.8 Å². The molecule has 2 aromatic rings. The Hall–Kier alpha value is -3.68. The molecule has 1 N–H and O–H groups in total. The van der Waals surface area contributed by atoms with Crippen LogP contribution in [0.1, 0.15) is 24.8 Å². The Labute approximate surface area is 179 Å². The maximum absolute atomic E-state index is 14.2. The van der Waals surface area contributed by atoms with Gasteiger partial charge in [-0.2, -0.15) is 0 Å². The first-order chi connectivity index (χ1) is 15.0. The number of imide groups is 2. The summed E-state index contributed by atoms with van der Waals surface area (Å²) in [4.78, 5) is 40.5.